The number of rotatable bonds is 9. The number of thiazole rings is 1. The van der Waals surface area contributed by atoms with E-state index >= 15 is 0 Å². The fourth-order valence-corrected chi connectivity index (χ4v) is 5.39. The number of aliphatic hydroxyl groups excluding tert-OH is 1. The number of hydrogen-bond acceptors (Lipinski definition) is 12. The van der Waals surface area contributed by atoms with Crippen molar-refractivity contribution in [2.45, 2.75) is 20.3 Å². The second-order valence-corrected chi connectivity index (χ2v) is 10.7. The van der Waals surface area contributed by atoms with Crippen LogP contribution in [-0.4, -0.2) is 74.4 Å². The Balaban J connectivity index is 1.22. The van der Waals surface area contributed by atoms with Gasteiger partial charge in [0.05, 0.1) is 16.6 Å². The van der Waals surface area contributed by atoms with Gasteiger partial charge in [0.1, 0.15) is 24.1 Å². The lowest BCUT2D eigenvalue weighted by Gasteiger charge is -2.35. The minimum Gasteiger partial charge on any atom is -0.388 e. The highest BCUT2D eigenvalue weighted by molar-refractivity contribution is 7.17. The molecule has 0 saturated carbocycles. The number of benzene rings is 1. The molecule has 1 aromatic carbocycles. The zero-order chi connectivity index (χ0) is 28.2. The summed E-state index contributed by atoms with van der Waals surface area (Å²) in [7, 11) is 0. The normalized spacial score (nSPS) is 13.4. The summed E-state index contributed by atoms with van der Waals surface area (Å²) < 4.78 is 0. The van der Waals surface area contributed by atoms with Crippen LogP contribution in [0, 0.1) is 13.8 Å². The van der Waals surface area contributed by atoms with Gasteiger partial charge in [-0.3, -0.25) is 9.59 Å². The van der Waals surface area contributed by atoms with E-state index in [1.165, 1.54) is 23.7 Å². The first kappa shape index (κ1) is 27.6. The quantitative estimate of drug-likeness (QED) is 0.281. The number of aryl methyl sites for hydroxylation is 2. The monoisotopic (exact) mass is 578 g/mol. The Labute approximate surface area is 239 Å². The van der Waals surface area contributed by atoms with Gasteiger partial charge < -0.3 is 20.2 Å². The van der Waals surface area contributed by atoms with Crippen molar-refractivity contribution in [3.8, 4) is 0 Å². The maximum absolute atomic E-state index is 12.9. The van der Waals surface area contributed by atoms with Crippen molar-refractivity contribution in [1.29, 1.82) is 0 Å². The Morgan fingerprint density at radius 1 is 1.00 bits per heavy atom. The Bertz CT molecular complexity index is 1520. The van der Waals surface area contributed by atoms with Crippen LogP contribution in [0.4, 0.5) is 22.7 Å². The van der Waals surface area contributed by atoms with Gasteiger partial charge in [-0.15, -0.1) is 0 Å². The summed E-state index contributed by atoms with van der Waals surface area (Å²) in [6, 6.07) is 7.47. The zero-order valence-electron chi connectivity index (χ0n) is 22.0. The summed E-state index contributed by atoms with van der Waals surface area (Å²) in [5.41, 5.74) is 2.09. The number of carbonyl (C=O) groups excluding carboxylic acids is 2. The predicted octanol–water partition coefficient (Wildman–Crippen LogP) is 3.66. The van der Waals surface area contributed by atoms with E-state index < -0.39 is 12.4 Å². The van der Waals surface area contributed by atoms with Crippen LogP contribution in [0.2, 0.25) is 5.02 Å². The summed E-state index contributed by atoms with van der Waals surface area (Å²) in [6.45, 7) is 5.92. The molecule has 11 nitrogen and oxygen atoms in total. The Kier molecular flexibility index (Phi) is 8.29. The molecule has 13 heteroatoms. The third-order valence-corrected chi connectivity index (χ3v) is 7.83. The maximum Gasteiger partial charge on any atom is 0.225 e. The minimum absolute atomic E-state index is 0.0437. The lowest BCUT2D eigenvalue weighted by molar-refractivity contribution is 0.0902. The van der Waals surface area contributed by atoms with Gasteiger partial charge in [0.25, 0.3) is 0 Å². The average Bonchev–Trinajstić information content (AvgIpc) is 3.43. The number of aromatic nitrogens is 5. The van der Waals surface area contributed by atoms with Crippen LogP contribution in [-0.2, 0) is 6.42 Å². The van der Waals surface area contributed by atoms with Crippen molar-refractivity contribution < 1.29 is 14.7 Å². The van der Waals surface area contributed by atoms with Crippen molar-refractivity contribution in [3.63, 3.8) is 0 Å². The molecule has 0 atom stereocenters. The number of carbonyl (C=O) groups is 2. The summed E-state index contributed by atoms with van der Waals surface area (Å²) in [4.78, 5) is 51.3. The fraction of sp³-hybridized carbons (Fsp3) is 0.296. The summed E-state index contributed by atoms with van der Waals surface area (Å²) in [5.74, 6) is 2.06. The molecule has 3 aromatic heterocycles. The van der Waals surface area contributed by atoms with Gasteiger partial charge in [0.2, 0.25) is 5.95 Å². The maximum atomic E-state index is 12.9. The third kappa shape index (κ3) is 6.24. The smallest absolute Gasteiger partial charge is 0.225 e. The topological polar surface area (TPSA) is 137 Å². The van der Waals surface area contributed by atoms with Crippen molar-refractivity contribution in [1.82, 2.24) is 24.9 Å². The zero-order valence-corrected chi connectivity index (χ0v) is 23.5. The van der Waals surface area contributed by atoms with Crippen LogP contribution in [0.1, 0.15) is 37.0 Å². The second-order valence-electron chi connectivity index (χ2n) is 9.28. The number of anilines is 4. The molecular formula is C27H27ClN8O3S. The van der Waals surface area contributed by atoms with Crippen molar-refractivity contribution in [2.75, 3.05) is 47.9 Å². The first-order valence-electron chi connectivity index (χ1n) is 12.6. The van der Waals surface area contributed by atoms with Gasteiger partial charge in [0, 0.05) is 56.1 Å². The van der Waals surface area contributed by atoms with Crippen molar-refractivity contribution in [2.24, 2.45) is 0 Å². The molecule has 1 saturated heterocycles. The number of piperazine rings is 1. The van der Waals surface area contributed by atoms with Crippen LogP contribution in [0.25, 0.3) is 0 Å². The van der Waals surface area contributed by atoms with Crippen LogP contribution < -0.4 is 15.1 Å². The van der Waals surface area contributed by atoms with E-state index in [1.807, 2.05) is 36.9 Å². The van der Waals surface area contributed by atoms with E-state index in [1.54, 1.807) is 12.3 Å². The number of ketones is 2. The molecule has 0 bridgehead atoms. The lowest BCUT2D eigenvalue weighted by Crippen LogP contribution is -2.47. The molecule has 206 valence electrons. The summed E-state index contributed by atoms with van der Waals surface area (Å²) >= 11 is 7.58. The highest BCUT2D eigenvalue weighted by Crippen LogP contribution is 2.27. The van der Waals surface area contributed by atoms with E-state index in [4.69, 9.17) is 16.7 Å². The molecule has 0 unspecified atom stereocenters. The number of nitrogens with zero attached hydrogens (tertiary/aromatic N) is 7. The van der Waals surface area contributed by atoms with E-state index in [-0.39, 0.29) is 17.8 Å². The SMILES string of the molecule is Cc1nc(Nc2ncc(C(=O)Cc3c(C)cccc3Cl)s2)cc(N2CCN(c3ncc(C(=O)CO)cn3)CC2)n1. The van der Waals surface area contributed by atoms with Gasteiger partial charge in [-0.2, -0.15) is 0 Å². The van der Waals surface area contributed by atoms with E-state index in [0.717, 1.165) is 16.9 Å². The average molecular weight is 579 g/mol. The molecule has 40 heavy (non-hydrogen) atoms. The first-order valence-corrected chi connectivity index (χ1v) is 13.8. The van der Waals surface area contributed by atoms with Gasteiger partial charge in [0.15, 0.2) is 16.7 Å². The van der Waals surface area contributed by atoms with Crippen LogP contribution >= 0.6 is 22.9 Å². The standard InChI is InChI=1S/C27H27ClN8O3S/c1-16-4-3-5-20(28)19(16)10-21(38)23-14-31-27(40-23)34-24-11-25(33-17(2)32-24)35-6-8-36(9-7-35)26-29-12-18(13-30-26)22(39)15-37/h3-5,11-14,37H,6-10,15H2,1-2H3,(H,31,32,33,34). The number of nitrogens with one attached hydrogen (secondary N) is 1. The number of aliphatic hydroxyl groups is 1. The third-order valence-electron chi connectivity index (χ3n) is 6.52. The highest BCUT2D eigenvalue weighted by Gasteiger charge is 2.22. The van der Waals surface area contributed by atoms with Crippen molar-refractivity contribution >= 4 is 57.2 Å². The molecular weight excluding hydrogens is 552 g/mol. The molecule has 1 fully saturated rings. The van der Waals surface area contributed by atoms with Gasteiger partial charge in [-0.1, -0.05) is 35.1 Å². The van der Waals surface area contributed by atoms with Crippen LogP contribution in [0.15, 0.2) is 42.9 Å². The van der Waals surface area contributed by atoms with Gasteiger partial charge in [-0.25, -0.2) is 24.9 Å². The predicted molar refractivity (Wildman–Crippen MR) is 154 cm³/mol. The molecule has 1 aliphatic rings. The summed E-state index contributed by atoms with van der Waals surface area (Å²) in [6.07, 6.45) is 4.67. The lowest BCUT2D eigenvalue weighted by atomic mass is 10.0. The number of hydrogen-bond donors (Lipinski definition) is 2. The second kappa shape index (κ2) is 12.0. The number of Topliss-reactive ketones (excluding diaryl/α,β-unsaturated/α-hetero) is 2. The van der Waals surface area contributed by atoms with E-state index in [9.17, 15) is 9.59 Å². The Morgan fingerprint density at radius 3 is 2.42 bits per heavy atom. The molecule has 5 rings (SSSR count). The molecule has 0 aliphatic carbocycles. The van der Waals surface area contributed by atoms with E-state index in [2.05, 4.69) is 35.1 Å². The van der Waals surface area contributed by atoms with Crippen molar-refractivity contribution in [3.05, 3.63) is 75.3 Å². The van der Waals surface area contributed by atoms with Crippen LogP contribution in [0.5, 0.6) is 0 Å². The largest absolute Gasteiger partial charge is 0.388 e. The summed E-state index contributed by atoms with van der Waals surface area (Å²) in [5, 5.41) is 13.4. The van der Waals surface area contributed by atoms with Gasteiger partial charge in [-0.05, 0) is 31.0 Å². The fourth-order valence-electron chi connectivity index (χ4n) is 4.34. The molecule has 0 radical (unpaired) electrons. The molecule has 0 spiro atoms. The molecule has 2 N–H and O–H groups in total. The molecule has 1 aliphatic heterocycles. The number of halogens is 1. The van der Waals surface area contributed by atoms with Gasteiger partial charge >= 0.3 is 0 Å². The van der Waals surface area contributed by atoms with Crippen LogP contribution in [0.3, 0.4) is 0 Å². The minimum atomic E-state index is -0.568. The Hall–Kier alpha value is -4.00. The molecule has 4 aromatic rings. The highest BCUT2D eigenvalue weighted by atomic mass is 35.5. The Morgan fingerprint density at radius 2 is 1.73 bits per heavy atom. The van der Waals surface area contributed by atoms with E-state index in [0.29, 0.717) is 58.8 Å². The molecule has 0 amide bonds. The molecule has 4 heterocycles. The first-order chi connectivity index (χ1) is 19.3.